The van der Waals surface area contributed by atoms with Gasteiger partial charge >= 0.3 is 0 Å². The molecule has 1 amide bonds. The maximum atomic E-state index is 14.3. The number of nitrogens with zero attached hydrogens (tertiary/aromatic N) is 6. The highest BCUT2D eigenvalue weighted by molar-refractivity contribution is 7.13. The van der Waals surface area contributed by atoms with Gasteiger partial charge in [0.05, 0.1) is 35.2 Å². The molecular formula is C33H35ClFN7O2S. The van der Waals surface area contributed by atoms with Crippen LogP contribution in [0.5, 0.6) is 0 Å². The molecule has 2 aliphatic rings. The summed E-state index contributed by atoms with van der Waals surface area (Å²) >= 11 is 8.18. The van der Waals surface area contributed by atoms with Crippen molar-refractivity contribution in [1.29, 1.82) is 0 Å². The number of nitrogens with one attached hydrogen (secondary N) is 1. The van der Waals surface area contributed by atoms with Gasteiger partial charge in [-0.15, -0.1) is 11.3 Å². The summed E-state index contributed by atoms with van der Waals surface area (Å²) in [6, 6.07) is 9.61. The van der Waals surface area contributed by atoms with E-state index in [1.807, 2.05) is 13.0 Å². The highest BCUT2D eigenvalue weighted by Crippen LogP contribution is 2.37. The van der Waals surface area contributed by atoms with Gasteiger partial charge in [0.15, 0.2) is 11.2 Å². The van der Waals surface area contributed by atoms with E-state index in [0.29, 0.717) is 27.1 Å². The molecule has 2 N–H and O–H groups in total. The van der Waals surface area contributed by atoms with Gasteiger partial charge in [-0.25, -0.2) is 14.4 Å². The van der Waals surface area contributed by atoms with E-state index in [1.165, 1.54) is 16.9 Å². The standard InChI is InChI=1S/C33H35ClFN7O2S/c1-20-25(22-6-4-21(5-7-22)3-2-11-40-12-8-24(43)9-13-40)16-27(34)26-18-42(39-29(20)26)31(32(44)38-33-36-10-14-45-33)30-28-15-23(35)17-41(28)19-37-30/h4-7,10,14,16,18-19,23-24,31,43H,2-3,8-9,11-13,15,17H2,1H3,(H,36,38,44)/t23-,31?/m1/s1. The van der Waals surface area contributed by atoms with E-state index in [4.69, 9.17) is 16.7 Å². The first-order valence-electron chi connectivity index (χ1n) is 15.4. The van der Waals surface area contributed by atoms with Gasteiger partial charge in [-0.2, -0.15) is 5.10 Å². The van der Waals surface area contributed by atoms with Crippen LogP contribution in [-0.2, 0) is 24.2 Å². The fourth-order valence-electron chi connectivity index (χ4n) is 6.56. The van der Waals surface area contributed by atoms with E-state index >= 15 is 0 Å². The molecule has 45 heavy (non-hydrogen) atoms. The second kappa shape index (κ2) is 12.6. The second-order valence-electron chi connectivity index (χ2n) is 12.0. The number of halogens is 2. The number of hydrogen-bond acceptors (Lipinski definition) is 7. The number of alkyl halides is 1. The Labute approximate surface area is 269 Å². The van der Waals surface area contributed by atoms with E-state index < -0.39 is 12.2 Å². The Morgan fingerprint density at radius 1 is 1.22 bits per heavy atom. The molecule has 2 aromatic carbocycles. The second-order valence-corrected chi connectivity index (χ2v) is 13.3. The lowest BCUT2D eigenvalue weighted by Gasteiger charge is -2.29. The number of imidazole rings is 1. The predicted octanol–water partition coefficient (Wildman–Crippen LogP) is 5.83. The minimum Gasteiger partial charge on any atom is -0.393 e. The molecule has 1 fully saturated rings. The van der Waals surface area contributed by atoms with Crippen molar-refractivity contribution in [3.8, 4) is 11.1 Å². The Morgan fingerprint density at radius 2 is 2.02 bits per heavy atom. The van der Waals surface area contributed by atoms with E-state index in [9.17, 15) is 14.3 Å². The number of aromatic nitrogens is 5. The first-order chi connectivity index (χ1) is 21.8. The summed E-state index contributed by atoms with van der Waals surface area (Å²) in [5, 5.41) is 21.0. The van der Waals surface area contributed by atoms with Crippen LogP contribution in [0.3, 0.4) is 0 Å². The zero-order valence-corrected chi connectivity index (χ0v) is 26.6. The number of aliphatic hydroxyl groups excluding tert-OH is 1. The average molecular weight is 648 g/mol. The topological polar surface area (TPSA) is 101 Å². The van der Waals surface area contributed by atoms with Gasteiger partial charge in [0.2, 0.25) is 0 Å². The summed E-state index contributed by atoms with van der Waals surface area (Å²) in [6.07, 6.45) is 7.83. The van der Waals surface area contributed by atoms with Gasteiger partial charge in [-0.05, 0) is 67.5 Å². The Balaban J connectivity index is 1.16. The number of rotatable bonds is 9. The van der Waals surface area contributed by atoms with Gasteiger partial charge in [-0.3, -0.25) is 14.8 Å². The lowest BCUT2D eigenvalue weighted by atomic mass is 9.97. The number of anilines is 1. The number of aliphatic hydroxyl groups is 1. The number of amides is 1. The lowest BCUT2D eigenvalue weighted by Crippen LogP contribution is -2.36. The highest BCUT2D eigenvalue weighted by atomic mass is 35.5. The Hall–Kier alpha value is -3.64. The van der Waals surface area contributed by atoms with Crippen molar-refractivity contribution in [2.45, 2.75) is 63.9 Å². The van der Waals surface area contributed by atoms with Crippen molar-refractivity contribution < 1.29 is 14.3 Å². The molecule has 12 heteroatoms. The monoisotopic (exact) mass is 647 g/mol. The third-order valence-corrected chi connectivity index (χ3v) is 10.0. The molecule has 5 heterocycles. The number of carbonyl (C=O) groups excluding carboxylic acids is 1. The summed E-state index contributed by atoms with van der Waals surface area (Å²) in [6.45, 7) is 5.22. The van der Waals surface area contributed by atoms with Crippen molar-refractivity contribution in [3.05, 3.63) is 82.0 Å². The molecule has 234 valence electrons. The number of benzene rings is 2. The van der Waals surface area contributed by atoms with Crippen LogP contribution in [-0.4, -0.2) is 72.1 Å². The van der Waals surface area contributed by atoms with Gasteiger partial charge in [0.25, 0.3) is 5.91 Å². The quantitative estimate of drug-likeness (QED) is 0.209. The Morgan fingerprint density at radius 3 is 2.78 bits per heavy atom. The highest BCUT2D eigenvalue weighted by Gasteiger charge is 2.34. The molecule has 2 aliphatic heterocycles. The Bertz CT molecular complexity index is 1810. The van der Waals surface area contributed by atoms with Crippen molar-refractivity contribution in [2.24, 2.45) is 0 Å². The summed E-state index contributed by atoms with van der Waals surface area (Å²) in [4.78, 5) is 24.9. The van der Waals surface area contributed by atoms with E-state index in [2.05, 4.69) is 44.5 Å². The third kappa shape index (κ3) is 6.14. The van der Waals surface area contributed by atoms with Crippen molar-refractivity contribution in [1.82, 2.24) is 29.2 Å². The lowest BCUT2D eigenvalue weighted by molar-refractivity contribution is -0.118. The number of thiazole rings is 1. The Kier molecular flexibility index (Phi) is 8.43. The molecule has 5 aromatic rings. The van der Waals surface area contributed by atoms with Gasteiger partial charge in [-0.1, -0.05) is 35.9 Å². The third-order valence-electron chi connectivity index (χ3n) is 9.00. The maximum absolute atomic E-state index is 14.3. The molecular weight excluding hydrogens is 613 g/mol. The molecule has 0 bridgehead atoms. The normalized spacial score (nSPS) is 18.0. The minimum absolute atomic E-state index is 0.142. The van der Waals surface area contributed by atoms with Gasteiger partial charge in [0.1, 0.15) is 6.17 Å². The van der Waals surface area contributed by atoms with Crippen molar-refractivity contribution >= 4 is 44.9 Å². The van der Waals surface area contributed by atoms with Crippen molar-refractivity contribution in [2.75, 3.05) is 25.0 Å². The maximum Gasteiger partial charge on any atom is 0.257 e. The van der Waals surface area contributed by atoms with E-state index in [1.54, 1.807) is 33.3 Å². The number of hydrogen-bond donors (Lipinski definition) is 2. The summed E-state index contributed by atoms with van der Waals surface area (Å²) in [7, 11) is 0. The summed E-state index contributed by atoms with van der Waals surface area (Å²) in [5.74, 6) is -0.357. The first-order valence-corrected chi connectivity index (χ1v) is 16.7. The SMILES string of the molecule is Cc1c(-c2ccc(CCCN3CCC(O)CC3)cc2)cc(Cl)c2cn(C(C(=O)Nc3nccs3)c3ncn4c3C[C@@H](F)C4)nc12. The average Bonchev–Trinajstić information content (AvgIpc) is 3.83. The summed E-state index contributed by atoms with van der Waals surface area (Å²) < 4.78 is 17.7. The molecule has 0 radical (unpaired) electrons. The molecule has 7 rings (SSSR count). The molecule has 9 nitrogen and oxygen atoms in total. The molecule has 0 aliphatic carbocycles. The van der Waals surface area contributed by atoms with Crippen LogP contribution in [0.2, 0.25) is 5.02 Å². The minimum atomic E-state index is -1.02. The van der Waals surface area contributed by atoms with Crippen LogP contribution in [0.25, 0.3) is 22.0 Å². The number of piperidine rings is 1. The predicted molar refractivity (Wildman–Crippen MR) is 175 cm³/mol. The van der Waals surface area contributed by atoms with Gasteiger partial charge < -0.3 is 14.6 Å². The van der Waals surface area contributed by atoms with Crippen molar-refractivity contribution in [3.63, 3.8) is 0 Å². The smallest absolute Gasteiger partial charge is 0.257 e. The number of aryl methyl sites for hydroxylation is 2. The number of likely N-dealkylation sites (tertiary alicyclic amines) is 1. The van der Waals surface area contributed by atoms with Crippen LogP contribution in [0.1, 0.15) is 47.8 Å². The fraction of sp³-hybridized carbons (Fsp3) is 0.394. The zero-order chi connectivity index (χ0) is 31.1. The van der Waals surface area contributed by atoms with Crippen LogP contribution >= 0.6 is 22.9 Å². The molecule has 2 atom stereocenters. The molecule has 0 saturated carbocycles. The number of fused-ring (bicyclic) bond motifs is 2. The van der Waals surface area contributed by atoms with Crippen LogP contribution in [0, 0.1) is 6.92 Å². The molecule has 1 unspecified atom stereocenters. The first kappa shape index (κ1) is 30.0. The van der Waals surface area contributed by atoms with E-state index in [0.717, 1.165) is 67.4 Å². The fourth-order valence-corrected chi connectivity index (χ4v) is 7.34. The summed E-state index contributed by atoms with van der Waals surface area (Å²) in [5.41, 5.74) is 6.11. The van der Waals surface area contributed by atoms with Crippen LogP contribution < -0.4 is 5.32 Å². The zero-order valence-electron chi connectivity index (χ0n) is 25.0. The van der Waals surface area contributed by atoms with Crippen LogP contribution in [0.4, 0.5) is 9.52 Å². The molecule has 0 spiro atoms. The molecule has 3 aromatic heterocycles. The van der Waals surface area contributed by atoms with Gasteiger partial charge in [0, 0.05) is 48.4 Å². The van der Waals surface area contributed by atoms with E-state index in [-0.39, 0.29) is 25.0 Å². The van der Waals surface area contributed by atoms with Crippen LogP contribution in [0.15, 0.2) is 54.4 Å². The largest absolute Gasteiger partial charge is 0.393 e. The number of carbonyl (C=O) groups is 1. The molecule has 1 saturated heterocycles.